The number of hydrogen-bond donors (Lipinski definition) is 1. The van der Waals surface area contributed by atoms with Gasteiger partial charge in [0.05, 0.1) is 18.1 Å². The van der Waals surface area contributed by atoms with Crippen molar-refractivity contribution in [1.82, 2.24) is 4.90 Å². The molecule has 1 aliphatic rings. The van der Waals surface area contributed by atoms with Crippen molar-refractivity contribution in [2.24, 2.45) is 0 Å². The molecule has 6 heteroatoms. The smallest absolute Gasteiger partial charge is 0.255 e. The van der Waals surface area contributed by atoms with Crippen molar-refractivity contribution < 1.29 is 13.2 Å². The fourth-order valence-electron chi connectivity index (χ4n) is 2.59. The molecule has 0 aromatic heterocycles. The predicted octanol–water partition coefficient (Wildman–Crippen LogP) is 0.840. The average molecular weight is 306 g/mol. The summed E-state index contributed by atoms with van der Waals surface area (Å²) < 4.78 is 23.2. The van der Waals surface area contributed by atoms with Crippen LogP contribution < -0.4 is 5.73 Å². The van der Waals surface area contributed by atoms with Gasteiger partial charge in [0.1, 0.15) is 0 Å². The van der Waals surface area contributed by atoms with Gasteiger partial charge in [-0.25, -0.2) is 8.42 Å². The Hall–Kier alpha value is -2.00. The Kier molecular flexibility index (Phi) is 4.24. The maximum atomic E-state index is 12.6. The van der Waals surface area contributed by atoms with Crippen LogP contribution in [0.15, 0.2) is 18.2 Å². The number of aryl methyl sites for hydroxylation is 1. The summed E-state index contributed by atoms with van der Waals surface area (Å²) in [6.45, 7) is 1.94. The van der Waals surface area contributed by atoms with Crippen LogP contribution in [0.2, 0.25) is 0 Å². The summed E-state index contributed by atoms with van der Waals surface area (Å²) in [5.74, 6) is 2.23. The Bertz CT molecular complexity index is 684. The molecular weight excluding hydrogens is 288 g/mol. The van der Waals surface area contributed by atoms with Crippen molar-refractivity contribution in [2.45, 2.75) is 19.4 Å². The van der Waals surface area contributed by atoms with E-state index in [4.69, 9.17) is 12.2 Å². The molecule has 21 heavy (non-hydrogen) atoms. The Balaban J connectivity index is 2.30. The number of benzene rings is 1. The maximum absolute atomic E-state index is 12.6. The topological polar surface area (TPSA) is 80.5 Å². The zero-order valence-corrected chi connectivity index (χ0v) is 12.7. The van der Waals surface area contributed by atoms with Gasteiger partial charge < -0.3 is 10.6 Å². The average Bonchev–Trinajstić information content (AvgIpc) is 2.74. The molecule has 1 saturated heterocycles. The van der Waals surface area contributed by atoms with E-state index in [-0.39, 0.29) is 30.0 Å². The van der Waals surface area contributed by atoms with Gasteiger partial charge in [0.15, 0.2) is 9.84 Å². The third-order valence-corrected chi connectivity index (χ3v) is 5.27. The summed E-state index contributed by atoms with van der Waals surface area (Å²) in [6.07, 6.45) is 5.75. The normalized spacial score (nSPS) is 19.9. The lowest BCUT2D eigenvalue weighted by molar-refractivity contribution is 0.0724. The largest absolute Gasteiger partial charge is 0.399 e. The van der Waals surface area contributed by atoms with Crippen LogP contribution >= 0.6 is 0 Å². The fourth-order valence-corrected chi connectivity index (χ4v) is 4.32. The highest BCUT2D eigenvalue weighted by atomic mass is 32.2. The number of nitrogens with zero attached hydrogens (tertiary/aromatic N) is 1. The minimum atomic E-state index is -3.08. The van der Waals surface area contributed by atoms with Crippen LogP contribution in [0.1, 0.15) is 22.3 Å². The van der Waals surface area contributed by atoms with Gasteiger partial charge in [-0.3, -0.25) is 4.79 Å². The van der Waals surface area contributed by atoms with Gasteiger partial charge in [0.2, 0.25) is 0 Å². The van der Waals surface area contributed by atoms with E-state index in [1.54, 1.807) is 18.2 Å². The Morgan fingerprint density at radius 1 is 1.48 bits per heavy atom. The predicted molar refractivity (Wildman–Crippen MR) is 82.5 cm³/mol. The van der Waals surface area contributed by atoms with Crippen LogP contribution in [-0.2, 0) is 9.84 Å². The molecule has 1 atom stereocenters. The highest BCUT2D eigenvalue weighted by Gasteiger charge is 2.34. The molecule has 2 N–H and O–H groups in total. The molecule has 1 aromatic rings. The third-order valence-electron chi connectivity index (χ3n) is 3.52. The standard InChI is InChI=1S/C15H18N2O3S/c1-3-5-17(14-4-6-21(19,20)10-14)15(18)12-7-11(2)8-13(16)9-12/h1,7-9,14H,4-6,10,16H2,2H3. The number of amides is 1. The van der Waals surface area contributed by atoms with Crippen LogP contribution in [0.4, 0.5) is 5.69 Å². The minimum absolute atomic E-state index is 0.0261. The van der Waals surface area contributed by atoms with Crippen LogP contribution in [0.3, 0.4) is 0 Å². The zero-order valence-electron chi connectivity index (χ0n) is 11.9. The lowest BCUT2D eigenvalue weighted by Crippen LogP contribution is -2.41. The second-order valence-electron chi connectivity index (χ2n) is 5.33. The van der Waals surface area contributed by atoms with Crippen molar-refractivity contribution in [3.05, 3.63) is 29.3 Å². The zero-order chi connectivity index (χ0) is 15.6. The van der Waals surface area contributed by atoms with E-state index < -0.39 is 9.84 Å². The van der Waals surface area contributed by atoms with E-state index in [0.717, 1.165) is 5.56 Å². The SMILES string of the molecule is C#CCN(C(=O)c1cc(C)cc(N)c1)C1CCS(=O)(=O)C1. The van der Waals surface area contributed by atoms with Crippen molar-refractivity contribution in [3.8, 4) is 12.3 Å². The molecular formula is C15H18N2O3S. The monoisotopic (exact) mass is 306 g/mol. The molecule has 112 valence electrons. The van der Waals surface area contributed by atoms with Gasteiger partial charge >= 0.3 is 0 Å². The molecule has 0 radical (unpaired) electrons. The first-order chi connectivity index (χ1) is 9.82. The van der Waals surface area contributed by atoms with Crippen molar-refractivity contribution >= 4 is 21.4 Å². The molecule has 0 saturated carbocycles. The highest BCUT2D eigenvalue weighted by Crippen LogP contribution is 2.21. The Morgan fingerprint density at radius 2 is 2.19 bits per heavy atom. The van der Waals surface area contributed by atoms with E-state index >= 15 is 0 Å². The van der Waals surface area contributed by atoms with E-state index in [0.29, 0.717) is 17.7 Å². The molecule has 0 aliphatic carbocycles. The van der Waals surface area contributed by atoms with Crippen molar-refractivity contribution in [1.29, 1.82) is 0 Å². The number of anilines is 1. The molecule has 1 aliphatic heterocycles. The molecule has 1 unspecified atom stereocenters. The maximum Gasteiger partial charge on any atom is 0.255 e. The molecule has 0 bridgehead atoms. The number of rotatable bonds is 3. The van der Waals surface area contributed by atoms with Gasteiger partial charge in [0, 0.05) is 17.3 Å². The quantitative estimate of drug-likeness (QED) is 0.663. The number of nitrogens with two attached hydrogens (primary N) is 1. The summed E-state index contributed by atoms with van der Waals surface area (Å²) in [6, 6.07) is 4.72. The second-order valence-corrected chi connectivity index (χ2v) is 7.56. The van der Waals surface area contributed by atoms with Gasteiger partial charge in [-0.05, 0) is 37.1 Å². The van der Waals surface area contributed by atoms with E-state index in [9.17, 15) is 13.2 Å². The lowest BCUT2D eigenvalue weighted by Gasteiger charge is -2.26. The summed E-state index contributed by atoms with van der Waals surface area (Å²) in [7, 11) is -3.08. The fraction of sp³-hybridized carbons (Fsp3) is 0.400. The van der Waals surface area contributed by atoms with Crippen LogP contribution in [-0.4, -0.2) is 43.3 Å². The van der Waals surface area contributed by atoms with Gasteiger partial charge in [-0.15, -0.1) is 6.42 Å². The first-order valence-corrected chi connectivity index (χ1v) is 8.46. The number of hydrogen-bond acceptors (Lipinski definition) is 4. The number of carbonyl (C=O) groups is 1. The molecule has 0 spiro atoms. The number of terminal acetylenes is 1. The summed E-state index contributed by atoms with van der Waals surface area (Å²) in [4.78, 5) is 14.1. The summed E-state index contributed by atoms with van der Waals surface area (Å²) >= 11 is 0. The molecule has 5 nitrogen and oxygen atoms in total. The lowest BCUT2D eigenvalue weighted by atomic mass is 10.1. The van der Waals surface area contributed by atoms with Gasteiger partial charge in [-0.2, -0.15) is 0 Å². The molecule has 1 amide bonds. The van der Waals surface area contributed by atoms with Crippen molar-refractivity contribution in [2.75, 3.05) is 23.8 Å². The van der Waals surface area contributed by atoms with Gasteiger partial charge in [0.25, 0.3) is 5.91 Å². The minimum Gasteiger partial charge on any atom is -0.399 e. The number of sulfone groups is 1. The van der Waals surface area contributed by atoms with Crippen LogP contribution in [0.25, 0.3) is 0 Å². The van der Waals surface area contributed by atoms with Crippen molar-refractivity contribution in [3.63, 3.8) is 0 Å². The van der Waals surface area contributed by atoms with Crippen LogP contribution in [0, 0.1) is 19.3 Å². The van der Waals surface area contributed by atoms with Gasteiger partial charge in [-0.1, -0.05) is 5.92 Å². The molecule has 1 aromatic carbocycles. The highest BCUT2D eigenvalue weighted by molar-refractivity contribution is 7.91. The number of carbonyl (C=O) groups excluding carboxylic acids is 1. The molecule has 2 rings (SSSR count). The molecule has 1 heterocycles. The third kappa shape index (κ3) is 3.56. The first-order valence-electron chi connectivity index (χ1n) is 6.64. The van der Waals surface area contributed by atoms with E-state index in [1.807, 2.05) is 6.92 Å². The summed E-state index contributed by atoms with van der Waals surface area (Å²) in [5.41, 5.74) is 7.57. The Labute approximate surface area is 125 Å². The van der Waals surface area contributed by atoms with E-state index in [2.05, 4.69) is 5.92 Å². The van der Waals surface area contributed by atoms with E-state index in [1.165, 1.54) is 4.90 Å². The first kappa shape index (κ1) is 15.4. The summed E-state index contributed by atoms with van der Waals surface area (Å²) in [5, 5.41) is 0. The molecule has 1 fully saturated rings. The number of nitrogen functional groups attached to an aromatic ring is 1. The Morgan fingerprint density at radius 3 is 2.71 bits per heavy atom. The van der Waals surface area contributed by atoms with Crippen LogP contribution in [0.5, 0.6) is 0 Å². The second kappa shape index (κ2) is 5.78.